The second-order valence-electron chi connectivity index (χ2n) is 3.20. The maximum absolute atomic E-state index is 12.2. The predicted octanol–water partition coefficient (Wildman–Crippen LogP) is 1.99. The largest absolute Gasteiger partial charge is 0.435 e. The Balaban J connectivity index is 2.33. The van der Waals surface area contributed by atoms with Gasteiger partial charge in [0, 0.05) is 6.20 Å². The van der Waals surface area contributed by atoms with Crippen LogP contribution in [0.5, 0.6) is 0 Å². The first-order chi connectivity index (χ1) is 7.47. The third kappa shape index (κ3) is 2.02. The third-order valence-electron chi connectivity index (χ3n) is 1.92. The van der Waals surface area contributed by atoms with Crippen molar-refractivity contribution in [3.63, 3.8) is 0 Å². The number of aromatic nitrogens is 4. The van der Waals surface area contributed by atoms with Crippen LogP contribution < -0.4 is 0 Å². The molecule has 0 saturated heterocycles. The van der Waals surface area contributed by atoms with Crippen molar-refractivity contribution in [1.82, 2.24) is 19.7 Å². The quantitative estimate of drug-likeness (QED) is 0.749. The van der Waals surface area contributed by atoms with E-state index < -0.39 is 11.9 Å². The molecule has 84 valence electrons. The minimum absolute atomic E-state index is 0.300. The molecule has 0 radical (unpaired) electrons. The van der Waals surface area contributed by atoms with Crippen LogP contribution in [0, 0.1) is 6.92 Å². The van der Waals surface area contributed by atoms with Crippen LogP contribution in [0.15, 0.2) is 24.7 Å². The topological polar surface area (TPSA) is 43.6 Å². The molecular formula is C9H7F3N4. The van der Waals surface area contributed by atoms with Crippen molar-refractivity contribution in [2.75, 3.05) is 0 Å². The van der Waals surface area contributed by atoms with E-state index in [0.29, 0.717) is 5.82 Å². The van der Waals surface area contributed by atoms with Crippen LogP contribution in [0.1, 0.15) is 11.4 Å². The molecule has 16 heavy (non-hydrogen) atoms. The molecule has 0 saturated carbocycles. The molecule has 0 aromatic carbocycles. The van der Waals surface area contributed by atoms with E-state index in [1.165, 1.54) is 17.0 Å². The summed E-state index contributed by atoms with van der Waals surface area (Å²) < 4.78 is 38.1. The molecule has 0 aliphatic carbocycles. The Kier molecular flexibility index (Phi) is 2.37. The molecule has 0 bridgehead atoms. The number of alkyl halides is 3. The van der Waals surface area contributed by atoms with Crippen LogP contribution in [0.25, 0.3) is 5.82 Å². The van der Waals surface area contributed by atoms with Gasteiger partial charge in [0.15, 0.2) is 11.5 Å². The lowest BCUT2D eigenvalue weighted by atomic mass is 10.4. The molecule has 0 unspecified atom stereocenters. The van der Waals surface area contributed by atoms with E-state index in [-0.39, 0.29) is 0 Å². The summed E-state index contributed by atoms with van der Waals surface area (Å²) in [6, 6.07) is 2.13. The Morgan fingerprint density at radius 2 is 1.94 bits per heavy atom. The molecule has 0 aliphatic heterocycles. The molecule has 0 aliphatic rings. The summed E-state index contributed by atoms with van der Waals surface area (Å²) in [5.74, 6) is 0.300. The Morgan fingerprint density at radius 1 is 1.19 bits per heavy atom. The number of aryl methyl sites for hydroxylation is 1. The van der Waals surface area contributed by atoms with Gasteiger partial charge < -0.3 is 0 Å². The second kappa shape index (κ2) is 3.58. The van der Waals surface area contributed by atoms with Gasteiger partial charge in [-0.05, 0) is 19.1 Å². The summed E-state index contributed by atoms with van der Waals surface area (Å²) in [4.78, 5) is 3.94. The van der Waals surface area contributed by atoms with E-state index in [1.54, 1.807) is 13.1 Å². The standard InChI is InChI=1S/C9H7F3N4/c1-6-4-16(5-13-6)8-3-2-7(14-15-8)9(10,11)12/h2-5H,1H3. The van der Waals surface area contributed by atoms with Gasteiger partial charge in [0.1, 0.15) is 6.33 Å². The maximum atomic E-state index is 12.2. The predicted molar refractivity (Wildman–Crippen MR) is 48.9 cm³/mol. The van der Waals surface area contributed by atoms with Crippen molar-refractivity contribution in [2.24, 2.45) is 0 Å². The van der Waals surface area contributed by atoms with Crippen molar-refractivity contribution in [3.8, 4) is 5.82 Å². The maximum Gasteiger partial charge on any atom is 0.435 e. The van der Waals surface area contributed by atoms with Crippen molar-refractivity contribution >= 4 is 0 Å². The molecule has 0 amide bonds. The molecule has 7 heteroatoms. The van der Waals surface area contributed by atoms with Gasteiger partial charge in [-0.15, -0.1) is 10.2 Å². The lowest BCUT2D eigenvalue weighted by Crippen LogP contribution is -2.10. The number of halogens is 3. The molecule has 0 spiro atoms. The first kappa shape index (κ1) is 10.6. The lowest BCUT2D eigenvalue weighted by Gasteiger charge is -2.05. The van der Waals surface area contributed by atoms with Gasteiger partial charge in [-0.1, -0.05) is 0 Å². The average molecular weight is 228 g/mol. The summed E-state index contributed by atoms with van der Waals surface area (Å²) in [5, 5.41) is 6.59. The zero-order valence-corrected chi connectivity index (χ0v) is 8.23. The number of hydrogen-bond donors (Lipinski definition) is 0. The molecule has 0 fully saturated rings. The smallest absolute Gasteiger partial charge is 0.289 e. The highest BCUT2D eigenvalue weighted by atomic mass is 19.4. The first-order valence-electron chi connectivity index (χ1n) is 4.39. The second-order valence-corrected chi connectivity index (χ2v) is 3.20. The van der Waals surface area contributed by atoms with Crippen molar-refractivity contribution in [2.45, 2.75) is 13.1 Å². The van der Waals surface area contributed by atoms with Gasteiger partial charge >= 0.3 is 6.18 Å². The Labute approximate surface area is 88.8 Å². The van der Waals surface area contributed by atoms with Crippen LogP contribution in [-0.4, -0.2) is 19.7 Å². The average Bonchev–Trinajstić information content (AvgIpc) is 2.64. The van der Waals surface area contributed by atoms with Gasteiger partial charge in [0.2, 0.25) is 0 Å². The van der Waals surface area contributed by atoms with E-state index in [2.05, 4.69) is 15.2 Å². The van der Waals surface area contributed by atoms with Gasteiger partial charge in [-0.2, -0.15) is 13.2 Å². The zero-order valence-electron chi connectivity index (χ0n) is 8.23. The number of nitrogens with zero attached hydrogens (tertiary/aromatic N) is 4. The van der Waals surface area contributed by atoms with Crippen molar-refractivity contribution in [3.05, 3.63) is 36.0 Å². The summed E-state index contributed by atoms with van der Waals surface area (Å²) in [5.41, 5.74) is -0.255. The molecule has 4 nitrogen and oxygen atoms in total. The minimum atomic E-state index is -4.46. The van der Waals surface area contributed by atoms with Crippen LogP contribution in [-0.2, 0) is 6.18 Å². The minimum Gasteiger partial charge on any atom is -0.289 e. The molecule has 2 aromatic heterocycles. The molecule has 0 N–H and O–H groups in total. The molecule has 2 aromatic rings. The van der Waals surface area contributed by atoms with E-state index in [1.807, 2.05) is 0 Å². The highest BCUT2D eigenvalue weighted by Gasteiger charge is 2.32. The zero-order chi connectivity index (χ0) is 11.8. The van der Waals surface area contributed by atoms with Crippen LogP contribution in [0.4, 0.5) is 13.2 Å². The van der Waals surface area contributed by atoms with Crippen LogP contribution in [0.3, 0.4) is 0 Å². The lowest BCUT2D eigenvalue weighted by molar-refractivity contribution is -0.141. The molecule has 0 atom stereocenters. The third-order valence-corrected chi connectivity index (χ3v) is 1.92. The van der Waals surface area contributed by atoms with Gasteiger partial charge in [0.05, 0.1) is 5.69 Å². The van der Waals surface area contributed by atoms with Gasteiger partial charge in [-0.25, -0.2) is 4.98 Å². The summed E-state index contributed by atoms with van der Waals surface area (Å²) in [6.45, 7) is 1.77. The number of rotatable bonds is 1. The highest BCUT2D eigenvalue weighted by molar-refractivity contribution is 5.23. The molecule has 2 rings (SSSR count). The van der Waals surface area contributed by atoms with Gasteiger partial charge in [-0.3, -0.25) is 4.57 Å². The fourth-order valence-electron chi connectivity index (χ4n) is 1.16. The number of hydrogen-bond acceptors (Lipinski definition) is 3. The van der Waals surface area contributed by atoms with Crippen molar-refractivity contribution < 1.29 is 13.2 Å². The SMILES string of the molecule is Cc1cn(-c2ccc(C(F)(F)F)nn2)cn1. The highest BCUT2D eigenvalue weighted by Crippen LogP contribution is 2.26. The fourth-order valence-corrected chi connectivity index (χ4v) is 1.16. The monoisotopic (exact) mass is 228 g/mol. The van der Waals surface area contributed by atoms with E-state index in [0.717, 1.165) is 11.8 Å². The normalized spacial score (nSPS) is 11.8. The Bertz CT molecular complexity index is 486. The molecule has 2 heterocycles. The Morgan fingerprint density at radius 3 is 2.38 bits per heavy atom. The summed E-state index contributed by atoms with van der Waals surface area (Å²) in [6.07, 6.45) is -1.35. The Hall–Kier alpha value is -1.92. The van der Waals surface area contributed by atoms with Crippen LogP contribution >= 0.6 is 0 Å². The fraction of sp³-hybridized carbons (Fsp3) is 0.222. The number of imidazole rings is 1. The van der Waals surface area contributed by atoms with E-state index in [9.17, 15) is 13.2 Å². The summed E-state index contributed by atoms with van der Waals surface area (Å²) in [7, 11) is 0. The van der Waals surface area contributed by atoms with Crippen molar-refractivity contribution in [1.29, 1.82) is 0 Å². The van der Waals surface area contributed by atoms with E-state index >= 15 is 0 Å². The van der Waals surface area contributed by atoms with Crippen LogP contribution in [0.2, 0.25) is 0 Å². The molecular weight excluding hydrogens is 221 g/mol. The van der Waals surface area contributed by atoms with Gasteiger partial charge in [0.25, 0.3) is 0 Å². The van der Waals surface area contributed by atoms with E-state index in [4.69, 9.17) is 0 Å². The first-order valence-corrected chi connectivity index (χ1v) is 4.39. The summed E-state index contributed by atoms with van der Waals surface area (Å²) >= 11 is 0.